The first kappa shape index (κ1) is 13.8. The topological polar surface area (TPSA) is 51.2 Å². The van der Waals surface area contributed by atoms with Crippen LogP contribution in [0.2, 0.25) is 5.15 Å². The Bertz CT molecular complexity index is 402. The molecular formula is C12H17ClN2O2. The number of nitrogens with one attached hydrogen (secondary N) is 1. The molecule has 1 N–H and O–H groups in total. The van der Waals surface area contributed by atoms with Crippen molar-refractivity contribution in [2.24, 2.45) is 0 Å². The van der Waals surface area contributed by atoms with E-state index in [1.54, 1.807) is 18.2 Å². The molecule has 1 rings (SSSR count). The highest BCUT2D eigenvalue weighted by Crippen LogP contribution is 2.14. The van der Waals surface area contributed by atoms with Gasteiger partial charge >= 0.3 is 6.09 Å². The third kappa shape index (κ3) is 5.04. The van der Waals surface area contributed by atoms with Crippen molar-refractivity contribution >= 4 is 17.7 Å². The van der Waals surface area contributed by atoms with Crippen molar-refractivity contribution in [3.63, 3.8) is 0 Å². The molecule has 0 aromatic carbocycles. The number of alkyl carbamates (subject to hydrolysis) is 1. The molecule has 0 saturated carbocycles. The van der Waals surface area contributed by atoms with E-state index in [9.17, 15) is 4.79 Å². The number of aromatic nitrogens is 1. The van der Waals surface area contributed by atoms with E-state index in [1.807, 2.05) is 27.7 Å². The molecule has 1 aromatic heterocycles. The summed E-state index contributed by atoms with van der Waals surface area (Å²) in [6.07, 6.45) is -0.466. The summed E-state index contributed by atoms with van der Waals surface area (Å²) in [5.41, 5.74) is 0.189. The van der Waals surface area contributed by atoms with E-state index in [0.29, 0.717) is 10.8 Å². The molecule has 5 heteroatoms. The van der Waals surface area contributed by atoms with Crippen LogP contribution < -0.4 is 5.32 Å². The average molecular weight is 257 g/mol. The number of rotatable bonds is 2. The highest BCUT2D eigenvalue weighted by molar-refractivity contribution is 6.29. The first-order chi connectivity index (χ1) is 7.78. The van der Waals surface area contributed by atoms with Crippen LogP contribution in [0.25, 0.3) is 0 Å². The van der Waals surface area contributed by atoms with Gasteiger partial charge in [-0.05, 0) is 39.8 Å². The summed E-state index contributed by atoms with van der Waals surface area (Å²) in [5, 5.41) is 3.10. The number of nitrogens with zero attached hydrogens (tertiary/aromatic N) is 1. The van der Waals surface area contributed by atoms with Crippen LogP contribution >= 0.6 is 11.6 Å². The van der Waals surface area contributed by atoms with Gasteiger partial charge < -0.3 is 10.1 Å². The van der Waals surface area contributed by atoms with E-state index in [4.69, 9.17) is 16.3 Å². The van der Waals surface area contributed by atoms with E-state index in [2.05, 4.69) is 10.3 Å². The van der Waals surface area contributed by atoms with Gasteiger partial charge in [0.15, 0.2) is 0 Å². The quantitative estimate of drug-likeness (QED) is 0.826. The third-order valence-corrected chi connectivity index (χ3v) is 2.12. The maximum Gasteiger partial charge on any atom is 0.408 e. The molecule has 0 fully saturated rings. The summed E-state index contributed by atoms with van der Waals surface area (Å²) in [6, 6.07) is 5.03. The average Bonchev–Trinajstić information content (AvgIpc) is 2.14. The molecule has 94 valence electrons. The highest BCUT2D eigenvalue weighted by Gasteiger charge is 2.18. The summed E-state index contributed by atoms with van der Waals surface area (Å²) in [5.74, 6) is 0. The monoisotopic (exact) mass is 256 g/mol. The van der Waals surface area contributed by atoms with Gasteiger partial charge in [-0.25, -0.2) is 9.78 Å². The minimum Gasteiger partial charge on any atom is -0.444 e. The van der Waals surface area contributed by atoms with Crippen LogP contribution in [0.4, 0.5) is 4.79 Å². The van der Waals surface area contributed by atoms with Gasteiger partial charge in [-0.2, -0.15) is 0 Å². The second-order valence-electron chi connectivity index (χ2n) is 4.75. The van der Waals surface area contributed by atoms with Gasteiger partial charge in [0.25, 0.3) is 0 Å². The van der Waals surface area contributed by atoms with E-state index in [0.717, 1.165) is 0 Å². The molecule has 1 heterocycles. The Morgan fingerprint density at radius 1 is 1.47 bits per heavy atom. The number of hydrogen-bond donors (Lipinski definition) is 1. The lowest BCUT2D eigenvalue weighted by molar-refractivity contribution is 0.0507. The van der Waals surface area contributed by atoms with E-state index in [1.165, 1.54) is 0 Å². The van der Waals surface area contributed by atoms with E-state index < -0.39 is 11.7 Å². The smallest absolute Gasteiger partial charge is 0.408 e. The Hall–Kier alpha value is -1.29. The largest absolute Gasteiger partial charge is 0.444 e. The zero-order valence-corrected chi connectivity index (χ0v) is 11.2. The van der Waals surface area contributed by atoms with Crippen molar-refractivity contribution in [3.05, 3.63) is 29.0 Å². The van der Waals surface area contributed by atoms with Gasteiger partial charge in [0.2, 0.25) is 0 Å². The molecule has 0 bridgehead atoms. The highest BCUT2D eigenvalue weighted by atomic mass is 35.5. The van der Waals surface area contributed by atoms with Gasteiger partial charge in [0, 0.05) is 0 Å². The third-order valence-electron chi connectivity index (χ3n) is 1.91. The zero-order valence-electron chi connectivity index (χ0n) is 10.5. The Kier molecular flexibility index (Phi) is 4.34. The predicted octanol–water partition coefficient (Wildman–Crippen LogP) is 3.32. The summed E-state index contributed by atoms with van der Waals surface area (Å²) in [7, 11) is 0. The molecule has 1 amide bonds. The van der Waals surface area contributed by atoms with Crippen molar-refractivity contribution in [1.82, 2.24) is 10.3 Å². The van der Waals surface area contributed by atoms with Crippen molar-refractivity contribution < 1.29 is 9.53 Å². The second kappa shape index (κ2) is 5.36. The van der Waals surface area contributed by atoms with Gasteiger partial charge in [0.05, 0.1) is 11.7 Å². The number of pyridine rings is 1. The molecule has 4 nitrogen and oxygen atoms in total. The Labute approximate surface area is 106 Å². The Morgan fingerprint density at radius 3 is 2.65 bits per heavy atom. The predicted molar refractivity (Wildman–Crippen MR) is 67.0 cm³/mol. The van der Waals surface area contributed by atoms with Crippen LogP contribution in [0.5, 0.6) is 0 Å². The van der Waals surface area contributed by atoms with Gasteiger partial charge in [-0.1, -0.05) is 17.7 Å². The Balaban J connectivity index is 2.61. The molecule has 0 spiro atoms. The van der Waals surface area contributed by atoms with Crippen LogP contribution in [0.1, 0.15) is 39.4 Å². The Morgan fingerprint density at radius 2 is 2.12 bits per heavy atom. The lowest BCUT2D eigenvalue weighted by Gasteiger charge is -2.21. The number of ether oxygens (including phenoxy) is 1. The molecule has 1 aromatic rings. The maximum absolute atomic E-state index is 11.5. The first-order valence-electron chi connectivity index (χ1n) is 5.40. The fourth-order valence-electron chi connectivity index (χ4n) is 1.22. The first-order valence-corrected chi connectivity index (χ1v) is 5.78. The fourth-order valence-corrected chi connectivity index (χ4v) is 1.39. The van der Waals surface area contributed by atoms with Crippen LogP contribution in [-0.4, -0.2) is 16.7 Å². The molecule has 0 radical (unpaired) electrons. The van der Waals surface area contributed by atoms with E-state index in [-0.39, 0.29) is 6.04 Å². The molecule has 0 aliphatic heterocycles. The molecule has 17 heavy (non-hydrogen) atoms. The molecule has 0 aliphatic rings. The molecule has 1 unspecified atom stereocenters. The molecule has 0 aliphatic carbocycles. The number of amides is 1. The van der Waals surface area contributed by atoms with Crippen LogP contribution in [-0.2, 0) is 4.74 Å². The van der Waals surface area contributed by atoms with Crippen molar-refractivity contribution in [2.75, 3.05) is 0 Å². The van der Waals surface area contributed by atoms with Crippen LogP contribution in [0.3, 0.4) is 0 Å². The summed E-state index contributed by atoms with van der Waals surface area (Å²) >= 11 is 5.78. The number of hydrogen-bond acceptors (Lipinski definition) is 3. The number of carbonyl (C=O) groups excluding carboxylic acids is 1. The van der Waals surface area contributed by atoms with Gasteiger partial charge in [-0.15, -0.1) is 0 Å². The molecule has 1 atom stereocenters. The maximum atomic E-state index is 11.5. The van der Waals surface area contributed by atoms with Crippen molar-refractivity contribution in [3.8, 4) is 0 Å². The second-order valence-corrected chi connectivity index (χ2v) is 5.14. The van der Waals surface area contributed by atoms with E-state index >= 15 is 0 Å². The van der Waals surface area contributed by atoms with Gasteiger partial charge in [-0.3, -0.25) is 0 Å². The molecular weight excluding hydrogens is 240 g/mol. The zero-order chi connectivity index (χ0) is 13.1. The number of halogens is 1. The summed E-state index contributed by atoms with van der Waals surface area (Å²) in [4.78, 5) is 15.7. The minimum absolute atomic E-state index is 0.247. The van der Waals surface area contributed by atoms with Gasteiger partial charge in [0.1, 0.15) is 10.8 Å². The normalized spacial score (nSPS) is 13.0. The fraction of sp³-hybridized carbons (Fsp3) is 0.500. The standard InChI is InChI=1S/C12H17ClN2O2/c1-8(9-6-5-7-10(13)15-9)14-11(16)17-12(2,3)4/h5-8H,1-4H3,(H,14,16). The van der Waals surface area contributed by atoms with Crippen molar-refractivity contribution in [2.45, 2.75) is 39.3 Å². The lowest BCUT2D eigenvalue weighted by Crippen LogP contribution is -2.34. The van der Waals surface area contributed by atoms with Crippen molar-refractivity contribution in [1.29, 1.82) is 0 Å². The molecule has 0 saturated heterocycles. The lowest BCUT2D eigenvalue weighted by atomic mass is 10.2. The summed E-state index contributed by atoms with van der Waals surface area (Å²) in [6.45, 7) is 7.27. The number of carbonyl (C=O) groups is 1. The van der Waals surface area contributed by atoms with Crippen LogP contribution in [0.15, 0.2) is 18.2 Å². The van der Waals surface area contributed by atoms with Crippen LogP contribution in [0, 0.1) is 0 Å². The SMILES string of the molecule is CC(NC(=O)OC(C)(C)C)c1cccc(Cl)n1. The summed E-state index contributed by atoms with van der Waals surface area (Å²) < 4.78 is 5.15. The minimum atomic E-state index is -0.508.